The zero-order valence-electron chi connectivity index (χ0n) is 16.5. The fraction of sp³-hybridized carbons (Fsp3) is 0.0870. The number of fused-ring (bicyclic) bond motifs is 1. The minimum absolute atomic E-state index is 0.245. The van der Waals surface area contributed by atoms with Crippen molar-refractivity contribution in [3.05, 3.63) is 83.7 Å². The van der Waals surface area contributed by atoms with Gasteiger partial charge >= 0.3 is 5.97 Å². The molecule has 31 heavy (non-hydrogen) atoms. The number of hydrogen-bond acceptors (Lipinski definition) is 7. The molecule has 1 heterocycles. The first-order chi connectivity index (χ1) is 15.1. The maximum atomic E-state index is 13.1. The normalized spacial score (nSPS) is 11.0. The first-order valence-electron chi connectivity index (χ1n) is 9.51. The molecular formula is C23H18FN3O3S. The van der Waals surface area contributed by atoms with Crippen LogP contribution in [0.25, 0.3) is 10.2 Å². The van der Waals surface area contributed by atoms with Gasteiger partial charge in [0.2, 0.25) is 5.13 Å². The summed E-state index contributed by atoms with van der Waals surface area (Å²) >= 11 is 1.51. The first-order valence-corrected chi connectivity index (χ1v) is 10.3. The molecule has 8 heteroatoms. The number of ether oxygens (including phenoxy) is 2. The van der Waals surface area contributed by atoms with Crippen LogP contribution in [0.4, 0.5) is 9.52 Å². The number of carbonyl (C=O) groups is 1. The number of benzene rings is 3. The number of esters is 1. The molecule has 0 saturated carbocycles. The number of hydrazone groups is 1. The second-order valence-corrected chi connectivity index (χ2v) is 7.42. The lowest BCUT2D eigenvalue weighted by atomic mass is 10.2. The molecule has 0 amide bonds. The third kappa shape index (κ3) is 5.04. The molecule has 0 atom stereocenters. The molecule has 0 saturated heterocycles. The van der Waals surface area contributed by atoms with Crippen LogP contribution < -0.4 is 14.9 Å². The lowest BCUT2D eigenvalue weighted by Crippen LogP contribution is -2.10. The van der Waals surface area contributed by atoms with E-state index < -0.39 is 11.8 Å². The van der Waals surface area contributed by atoms with Gasteiger partial charge in [-0.2, -0.15) is 5.10 Å². The van der Waals surface area contributed by atoms with Gasteiger partial charge in [0.25, 0.3) is 0 Å². The number of halogens is 1. The SMILES string of the molecule is CCOc1cc(/C=N\Nc2nc3ccccc3s2)ccc1OC(=O)c1ccc(F)cc1. The Morgan fingerprint density at radius 1 is 1.13 bits per heavy atom. The van der Waals surface area contributed by atoms with Crippen molar-refractivity contribution in [2.24, 2.45) is 5.10 Å². The molecule has 6 nitrogen and oxygen atoms in total. The molecule has 0 bridgehead atoms. The molecule has 1 aromatic heterocycles. The molecule has 1 N–H and O–H groups in total. The Balaban J connectivity index is 1.47. The average Bonchev–Trinajstić information content (AvgIpc) is 3.19. The Kier molecular flexibility index (Phi) is 6.18. The lowest BCUT2D eigenvalue weighted by Gasteiger charge is -2.11. The minimum Gasteiger partial charge on any atom is -0.490 e. The third-order valence-corrected chi connectivity index (χ3v) is 5.16. The van der Waals surface area contributed by atoms with Crippen LogP contribution in [0.5, 0.6) is 11.5 Å². The summed E-state index contributed by atoms with van der Waals surface area (Å²) in [7, 11) is 0. The minimum atomic E-state index is -0.597. The number of para-hydroxylation sites is 1. The summed E-state index contributed by atoms with van der Waals surface area (Å²) in [5.41, 5.74) is 4.83. The van der Waals surface area contributed by atoms with Gasteiger partial charge in [0, 0.05) is 0 Å². The number of nitrogens with one attached hydrogen (secondary N) is 1. The molecular weight excluding hydrogens is 417 g/mol. The van der Waals surface area contributed by atoms with Crippen molar-refractivity contribution in [1.29, 1.82) is 0 Å². The van der Waals surface area contributed by atoms with E-state index in [0.29, 0.717) is 17.5 Å². The van der Waals surface area contributed by atoms with E-state index in [4.69, 9.17) is 9.47 Å². The van der Waals surface area contributed by atoms with Crippen LogP contribution in [0.3, 0.4) is 0 Å². The number of aromatic nitrogens is 1. The second kappa shape index (κ2) is 9.36. The molecule has 0 aliphatic carbocycles. The molecule has 0 radical (unpaired) electrons. The van der Waals surface area contributed by atoms with Crippen LogP contribution in [0.2, 0.25) is 0 Å². The molecule has 0 aliphatic rings. The van der Waals surface area contributed by atoms with E-state index in [1.54, 1.807) is 24.4 Å². The van der Waals surface area contributed by atoms with E-state index in [0.717, 1.165) is 15.8 Å². The Hall–Kier alpha value is -3.78. The van der Waals surface area contributed by atoms with Crippen molar-refractivity contribution < 1.29 is 18.7 Å². The van der Waals surface area contributed by atoms with Gasteiger partial charge < -0.3 is 9.47 Å². The zero-order chi connectivity index (χ0) is 21.6. The smallest absolute Gasteiger partial charge is 0.343 e. The first kappa shape index (κ1) is 20.5. The number of nitrogens with zero attached hydrogens (tertiary/aromatic N) is 2. The fourth-order valence-corrected chi connectivity index (χ4v) is 3.60. The van der Waals surface area contributed by atoms with Gasteiger partial charge in [0.1, 0.15) is 5.82 Å². The standard InChI is InChI=1S/C23H18FN3O3S/c1-2-29-20-13-15(14-25-27-23-26-18-5-3-4-6-21(18)31-23)7-12-19(20)30-22(28)16-8-10-17(24)11-9-16/h3-14H,2H2,1H3,(H,26,27)/b25-14-. The van der Waals surface area contributed by atoms with E-state index >= 15 is 0 Å². The van der Waals surface area contributed by atoms with Crippen LogP contribution in [0.1, 0.15) is 22.8 Å². The van der Waals surface area contributed by atoms with Crippen molar-refractivity contribution in [2.75, 3.05) is 12.0 Å². The van der Waals surface area contributed by atoms with Gasteiger partial charge in [0.05, 0.1) is 28.6 Å². The maximum absolute atomic E-state index is 13.1. The number of carbonyl (C=O) groups excluding carboxylic acids is 1. The molecule has 4 aromatic rings. The fourth-order valence-electron chi connectivity index (χ4n) is 2.78. The maximum Gasteiger partial charge on any atom is 0.343 e. The average molecular weight is 435 g/mol. The van der Waals surface area contributed by atoms with Crippen molar-refractivity contribution >= 4 is 38.9 Å². The van der Waals surface area contributed by atoms with Crippen LogP contribution in [0.15, 0.2) is 71.8 Å². The van der Waals surface area contributed by atoms with Crippen molar-refractivity contribution in [1.82, 2.24) is 4.98 Å². The van der Waals surface area contributed by atoms with Crippen molar-refractivity contribution in [2.45, 2.75) is 6.92 Å². The monoisotopic (exact) mass is 435 g/mol. The molecule has 0 unspecified atom stereocenters. The van der Waals surface area contributed by atoms with E-state index in [9.17, 15) is 9.18 Å². The van der Waals surface area contributed by atoms with Crippen LogP contribution >= 0.6 is 11.3 Å². The van der Waals surface area contributed by atoms with Crippen molar-refractivity contribution in [3.63, 3.8) is 0 Å². The van der Waals surface area contributed by atoms with Crippen LogP contribution in [0, 0.1) is 5.82 Å². The number of hydrogen-bond donors (Lipinski definition) is 1. The van der Waals surface area contributed by atoms with E-state index in [1.165, 1.54) is 35.6 Å². The Labute approximate surface area is 182 Å². The highest BCUT2D eigenvalue weighted by Crippen LogP contribution is 2.29. The predicted molar refractivity (Wildman–Crippen MR) is 120 cm³/mol. The van der Waals surface area contributed by atoms with Gasteiger partial charge in [-0.1, -0.05) is 23.5 Å². The topological polar surface area (TPSA) is 72.8 Å². The van der Waals surface area contributed by atoms with Gasteiger partial charge in [-0.05, 0) is 67.1 Å². The van der Waals surface area contributed by atoms with E-state index in [1.807, 2.05) is 31.2 Å². The van der Waals surface area contributed by atoms with Crippen LogP contribution in [-0.2, 0) is 0 Å². The Bertz CT molecular complexity index is 1210. The zero-order valence-corrected chi connectivity index (χ0v) is 17.4. The highest BCUT2D eigenvalue weighted by molar-refractivity contribution is 7.22. The molecule has 156 valence electrons. The summed E-state index contributed by atoms with van der Waals surface area (Å²) in [4.78, 5) is 16.8. The number of anilines is 1. The largest absolute Gasteiger partial charge is 0.490 e. The summed E-state index contributed by atoms with van der Waals surface area (Å²) in [5.74, 6) is -0.344. The Morgan fingerprint density at radius 2 is 1.94 bits per heavy atom. The number of rotatable bonds is 7. The predicted octanol–water partition coefficient (Wildman–Crippen LogP) is 5.50. The molecule has 4 rings (SSSR count). The Morgan fingerprint density at radius 3 is 2.71 bits per heavy atom. The highest BCUT2D eigenvalue weighted by Gasteiger charge is 2.13. The van der Waals surface area contributed by atoms with Gasteiger partial charge in [-0.25, -0.2) is 14.2 Å². The van der Waals surface area contributed by atoms with Crippen molar-refractivity contribution in [3.8, 4) is 11.5 Å². The summed E-state index contributed by atoms with van der Waals surface area (Å²) in [6.45, 7) is 2.23. The third-order valence-electron chi connectivity index (χ3n) is 4.22. The van der Waals surface area contributed by atoms with E-state index in [2.05, 4.69) is 15.5 Å². The van der Waals surface area contributed by atoms with Gasteiger partial charge in [-0.3, -0.25) is 5.43 Å². The lowest BCUT2D eigenvalue weighted by molar-refractivity contribution is 0.0728. The summed E-state index contributed by atoms with van der Waals surface area (Å²) in [6.07, 6.45) is 1.63. The molecule has 0 spiro atoms. The highest BCUT2D eigenvalue weighted by atomic mass is 32.1. The summed E-state index contributed by atoms with van der Waals surface area (Å²) in [5, 5.41) is 4.92. The van der Waals surface area contributed by atoms with Crippen LogP contribution in [-0.4, -0.2) is 23.8 Å². The summed E-state index contributed by atoms with van der Waals surface area (Å²) < 4.78 is 25.2. The molecule has 0 aliphatic heterocycles. The van der Waals surface area contributed by atoms with Gasteiger partial charge in [-0.15, -0.1) is 0 Å². The quantitative estimate of drug-likeness (QED) is 0.180. The number of thiazole rings is 1. The van der Waals surface area contributed by atoms with Gasteiger partial charge in [0.15, 0.2) is 11.5 Å². The second-order valence-electron chi connectivity index (χ2n) is 6.39. The summed E-state index contributed by atoms with van der Waals surface area (Å²) in [6, 6.07) is 18.1. The molecule has 3 aromatic carbocycles. The molecule has 0 fully saturated rings. The van der Waals surface area contributed by atoms with E-state index in [-0.39, 0.29) is 11.3 Å².